The molecule has 14 heavy (non-hydrogen) atoms. The van der Waals surface area contributed by atoms with Gasteiger partial charge >= 0.3 is 5.97 Å². The highest BCUT2D eigenvalue weighted by atomic mass is 28.2. The van der Waals surface area contributed by atoms with Crippen LogP contribution in [-0.2, 0) is 18.6 Å². The zero-order valence-electron chi connectivity index (χ0n) is 9.46. The zero-order chi connectivity index (χ0) is 10.9. The highest BCUT2D eigenvalue weighted by Crippen LogP contribution is 2.11. The van der Waals surface area contributed by atoms with Crippen LogP contribution >= 0.6 is 0 Å². The molecular formula is C8H21NO4Si. The first-order valence-electron chi connectivity index (χ1n) is 4.68. The Morgan fingerprint density at radius 3 is 2.14 bits per heavy atom. The monoisotopic (exact) mass is 223 g/mol. The molecule has 86 valence electrons. The lowest BCUT2D eigenvalue weighted by Gasteiger charge is -2.28. The predicted molar refractivity (Wildman–Crippen MR) is 56.8 cm³/mol. The summed E-state index contributed by atoms with van der Waals surface area (Å²) in [5, 5.41) is 3.20. The molecule has 0 spiro atoms. The van der Waals surface area contributed by atoms with Gasteiger partial charge < -0.3 is 24.0 Å². The summed E-state index contributed by atoms with van der Waals surface area (Å²) in [5.74, 6) is -1.04. The van der Waals surface area contributed by atoms with Gasteiger partial charge in [-0.25, -0.2) is 0 Å². The molecule has 0 unspecified atom stereocenters. The van der Waals surface area contributed by atoms with E-state index in [0.717, 1.165) is 12.7 Å². The molecule has 0 aromatic carbocycles. The number of rotatable bonds is 9. The van der Waals surface area contributed by atoms with Gasteiger partial charge in [-0.05, 0) is 6.54 Å². The van der Waals surface area contributed by atoms with Gasteiger partial charge in [-0.2, -0.15) is 0 Å². The molecule has 0 rings (SSSR count). The van der Waals surface area contributed by atoms with Crippen molar-refractivity contribution in [3.63, 3.8) is 0 Å². The Balaban J connectivity index is 3.61. The van der Waals surface area contributed by atoms with Gasteiger partial charge in [0.1, 0.15) is 6.61 Å². The maximum Gasteiger partial charge on any atom is 0.305 e. The van der Waals surface area contributed by atoms with Crippen LogP contribution in [0.5, 0.6) is 0 Å². The summed E-state index contributed by atoms with van der Waals surface area (Å²) < 4.78 is 20.7. The summed E-state index contributed by atoms with van der Waals surface area (Å²) >= 11 is 0. The van der Waals surface area contributed by atoms with E-state index in [4.69, 9.17) is 18.6 Å². The topological polar surface area (TPSA) is 49.0 Å². The van der Waals surface area contributed by atoms with Crippen molar-refractivity contribution < 1.29 is 18.6 Å². The fourth-order valence-electron chi connectivity index (χ4n) is 0.945. The summed E-state index contributed by atoms with van der Waals surface area (Å²) in [6.07, 6.45) is 0.948. The second-order valence-electron chi connectivity index (χ2n) is 2.70. The molecule has 0 fully saturated rings. The van der Waals surface area contributed by atoms with E-state index < -0.39 is 15.7 Å². The minimum Gasteiger partial charge on any atom is -0.414 e. The second kappa shape index (κ2) is 8.34. The molecule has 0 saturated carbocycles. The highest BCUT2D eigenvalue weighted by Gasteiger charge is 2.29. The van der Waals surface area contributed by atoms with Crippen LogP contribution in [-0.4, -0.2) is 56.4 Å². The minimum atomic E-state index is -1.04. The molecule has 0 aromatic heterocycles. The smallest absolute Gasteiger partial charge is 0.305 e. The van der Waals surface area contributed by atoms with Crippen LogP contribution in [0.3, 0.4) is 0 Å². The normalized spacial score (nSPS) is 12.9. The van der Waals surface area contributed by atoms with Gasteiger partial charge in [-0.1, -0.05) is 6.92 Å². The maximum atomic E-state index is 5.48. The van der Waals surface area contributed by atoms with Crippen LogP contribution in [0.2, 0.25) is 0 Å². The van der Waals surface area contributed by atoms with Crippen LogP contribution in [0.15, 0.2) is 0 Å². The number of ether oxygens (including phenoxy) is 3. The molecule has 0 bridgehead atoms. The van der Waals surface area contributed by atoms with Crippen LogP contribution in [0.4, 0.5) is 0 Å². The largest absolute Gasteiger partial charge is 0.414 e. The van der Waals surface area contributed by atoms with Crippen LogP contribution in [0.25, 0.3) is 0 Å². The van der Waals surface area contributed by atoms with E-state index >= 15 is 0 Å². The van der Waals surface area contributed by atoms with Crippen molar-refractivity contribution in [3.8, 4) is 0 Å². The molecule has 6 heteroatoms. The third-order valence-corrected chi connectivity index (χ3v) is 2.94. The van der Waals surface area contributed by atoms with Crippen LogP contribution in [0.1, 0.15) is 6.92 Å². The fraction of sp³-hybridized carbons (Fsp3) is 1.00. The number of hydrogen-bond donors (Lipinski definition) is 1. The van der Waals surface area contributed by atoms with E-state index in [1.54, 1.807) is 0 Å². The lowest BCUT2D eigenvalue weighted by molar-refractivity contribution is -0.361. The Morgan fingerprint density at radius 2 is 1.71 bits per heavy atom. The van der Waals surface area contributed by atoms with E-state index in [1.165, 1.54) is 21.3 Å². The summed E-state index contributed by atoms with van der Waals surface area (Å²) in [6.45, 7) is 3.35. The average molecular weight is 223 g/mol. The quantitative estimate of drug-likeness (QED) is 0.316. The van der Waals surface area contributed by atoms with E-state index in [2.05, 4.69) is 12.2 Å². The molecular weight excluding hydrogens is 202 g/mol. The van der Waals surface area contributed by atoms with E-state index in [0.29, 0.717) is 6.61 Å². The molecule has 0 aliphatic carbocycles. The third kappa shape index (κ3) is 5.04. The molecule has 0 aliphatic heterocycles. The summed E-state index contributed by atoms with van der Waals surface area (Å²) in [5.41, 5.74) is 0. The Bertz CT molecular complexity index is 124. The minimum absolute atomic E-state index is 0.314. The van der Waals surface area contributed by atoms with Crippen molar-refractivity contribution >= 4 is 9.76 Å². The molecule has 0 amide bonds. The molecule has 0 radical (unpaired) electrons. The van der Waals surface area contributed by atoms with Crippen molar-refractivity contribution in [1.29, 1.82) is 0 Å². The number of hydrogen-bond acceptors (Lipinski definition) is 5. The SMILES string of the molecule is CCNC[SiH2]OCC(OC)(OC)OC. The molecule has 5 nitrogen and oxygen atoms in total. The van der Waals surface area contributed by atoms with Gasteiger partial charge in [0.25, 0.3) is 0 Å². The Labute approximate surface area is 88.0 Å². The lowest BCUT2D eigenvalue weighted by atomic mass is 10.6. The van der Waals surface area contributed by atoms with E-state index in [-0.39, 0.29) is 0 Å². The van der Waals surface area contributed by atoms with Gasteiger partial charge in [0.2, 0.25) is 0 Å². The van der Waals surface area contributed by atoms with Crippen molar-refractivity contribution in [1.82, 2.24) is 5.32 Å². The van der Waals surface area contributed by atoms with Gasteiger partial charge in [-0.3, -0.25) is 0 Å². The molecule has 0 saturated heterocycles. The lowest BCUT2D eigenvalue weighted by Crippen LogP contribution is -2.42. The van der Waals surface area contributed by atoms with Crippen molar-refractivity contribution in [2.24, 2.45) is 0 Å². The van der Waals surface area contributed by atoms with Crippen molar-refractivity contribution in [2.45, 2.75) is 12.9 Å². The first-order chi connectivity index (χ1) is 6.74. The maximum absolute atomic E-state index is 5.48. The summed E-state index contributed by atoms with van der Waals surface area (Å²) in [4.78, 5) is 0. The van der Waals surface area contributed by atoms with Gasteiger partial charge in [0.15, 0.2) is 9.76 Å². The standard InChI is InChI=1S/C8H21NO4Si/c1-5-9-7-14-13-6-8(10-2,11-3)12-4/h9H,5-7,14H2,1-4H3. The first-order valence-corrected chi connectivity index (χ1v) is 6.26. The summed E-state index contributed by atoms with van der Waals surface area (Å²) in [6, 6.07) is 0. The molecule has 0 atom stereocenters. The van der Waals surface area contributed by atoms with Crippen molar-refractivity contribution in [2.75, 3.05) is 40.6 Å². The summed E-state index contributed by atoms with van der Waals surface area (Å²) in [7, 11) is 4.03. The molecule has 0 heterocycles. The van der Waals surface area contributed by atoms with Crippen LogP contribution < -0.4 is 5.32 Å². The Kier molecular flexibility index (Phi) is 8.35. The second-order valence-corrected chi connectivity index (χ2v) is 4.02. The fourth-order valence-corrected chi connectivity index (χ4v) is 1.98. The molecule has 0 aliphatic rings. The average Bonchev–Trinajstić information content (AvgIpc) is 2.24. The van der Waals surface area contributed by atoms with Gasteiger partial charge in [-0.15, -0.1) is 0 Å². The third-order valence-electron chi connectivity index (χ3n) is 1.89. The number of methoxy groups -OCH3 is 3. The van der Waals surface area contributed by atoms with Gasteiger partial charge in [0, 0.05) is 27.5 Å². The highest BCUT2D eigenvalue weighted by molar-refractivity contribution is 6.27. The zero-order valence-corrected chi connectivity index (χ0v) is 10.9. The Hall–Kier alpha value is 0.0169. The van der Waals surface area contributed by atoms with E-state index in [1.807, 2.05) is 0 Å². The number of nitrogens with one attached hydrogen (secondary N) is 1. The van der Waals surface area contributed by atoms with Crippen molar-refractivity contribution in [3.05, 3.63) is 0 Å². The first kappa shape index (κ1) is 14.0. The molecule has 1 N–H and O–H groups in total. The van der Waals surface area contributed by atoms with E-state index in [9.17, 15) is 0 Å². The molecule has 0 aromatic rings. The van der Waals surface area contributed by atoms with Crippen LogP contribution in [0, 0.1) is 0 Å². The predicted octanol–water partition coefficient (Wildman–Crippen LogP) is -0.753. The van der Waals surface area contributed by atoms with Gasteiger partial charge in [0.05, 0.1) is 0 Å². The Morgan fingerprint density at radius 1 is 1.14 bits per heavy atom.